The maximum atomic E-state index is 13.2. The molecule has 2 aromatic carbocycles. The summed E-state index contributed by atoms with van der Waals surface area (Å²) in [7, 11) is 1.49. The molecule has 0 spiro atoms. The molecule has 2 aromatic rings. The summed E-state index contributed by atoms with van der Waals surface area (Å²) in [5.41, 5.74) is 8.69. The van der Waals surface area contributed by atoms with Gasteiger partial charge >= 0.3 is 5.97 Å². The molecule has 5 N–H and O–H groups in total. The Morgan fingerprint density at radius 2 is 1.89 bits per heavy atom. The molecule has 0 saturated carbocycles. The van der Waals surface area contributed by atoms with Crippen molar-refractivity contribution in [3.63, 3.8) is 0 Å². The lowest BCUT2D eigenvalue weighted by Gasteiger charge is -2.39. The highest BCUT2D eigenvalue weighted by molar-refractivity contribution is 5.81. The monoisotopic (exact) mass is 511 g/mol. The largest absolute Gasteiger partial charge is 0.504 e. The number of fused-ring (bicyclic) bond motifs is 3. The number of phenolic OH excluding ortho intramolecular Hbond substituents is 1. The lowest BCUT2D eigenvalue weighted by atomic mass is 9.65. The molecule has 198 valence electrons. The van der Waals surface area contributed by atoms with Crippen molar-refractivity contribution in [2.24, 2.45) is 17.6 Å². The van der Waals surface area contributed by atoms with Crippen molar-refractivity contribution in [3.8, 4) is 23.0 Å². The van der Waals surface area contributed by atoms with Crippen molar-refractivity contribution in [2.45, 2.75) is 31.7 Å². The smallest absolute Gasteiger partial charge is 0.310 e. The first-order valence-corrected chi connectivity index (χ1v) is 12.6. The number of carbonyl (C=O) groups is 2. The summed E-state index contributed by atoms with van der Waals surface area (Å²) in [5, 5.41) is 16.8. The average Bonchev–Trinajstić information content (AvgIpc) is 3.51. The Morgan fingerprint density at radius 1 is 1.14 bits per heavy atom. The Bertz CT molecular complexity index is 1200. The van der Waals surface area contributed by atoms with Crippen LogP contribution in [0.15, 0.2) is 24.3 Å². The molecule has 37 heavy (non-hydrogen) atoms. The fourth-order valence-corrected chi connectivity index (χ4v) is 5.66. The van der Waals surface area contributed by atoms with E-state index in [9.17, 15) is 14.7 Å². The number of cyclic esters (lactones) is 1. The topological polar surface area (TPSA) is 141 Å². The third-order valence-corrected chi connectivity index (χ3v) is 7.46. The van der Waals surface area contributed by atoms with E-state index < -0.39 is 12.0 Å². The van der Waals surface area contributed by atoms with Crippen molar-refractivity contribution in [1.29, 1.82) is 0 Å². The number of rotatable bonds is 9. The summed E-state index contributed by atoms with van der Waals surface area (Å²) >= 11 is 0. The number of nitrogens with two attached hydrogens (primary N) is 1. The minimum atomic E-state index is -0.533. The first-order valence-electron chi connectivity index (χ1n) is 12.6. The number of esters is 1. The number of carbonyl (C=O) groups excluding carboxylic acids is 2. The van der Waals surface area contributed by atoms with Gasteiger partial charge in [-0.05, 0) is 66.9 Å². The molecule has 0 radical (unpaired) electrons. The molecule has 10 heteroatoms. The van der Waals surface area contributed by atoms with E-state index >= 15 is 0 Å². The SMILES string of the molecule is COc1cc(C2c3cc4c(cc3[C@@H](NC(=O)CCNCCCN)[C@H]3COC(=O)[C@H]23)OCO4)cc(C)c1O. The highest BCUT2D eigenvalue weighted by Gasteiger charge is 2.53. The number of amides is 1. The van der Waals surface area contributed by atoms with E-state index in [2.05, 4.69) is 10.6 Å². The maximum absolute atomic E-state index is 13.2. The van der Waals surface area contributed by atoms with Crippen molar-refractivity contribution in [3.05, 3.63) is 46.5 Å². The van der Waals surface area contributed by atoms with Crippen LogP contribution in [0.1, 0.15) is 47.1 Å². The molecule has 0 aromatic heterocycles. The van der Waals surface area contributed by atoms with Crippen LogP contribution < -0.4 is 30.6 Å². The third kappa shape index (κ3) is 4.67. The molecule has 3 aliphatic rings. The normalized spacial score (nSPS) is 23.3. The lowest BCUT2D eigenvalue weighted by molar-refractivity contribution is -0.141. The van der Waals surface area contributed by atoms with Gasteiger partial charge in [0.2, 0.25) is 12.7 Å². The molecule has 10 nitrogen and oxygen atoms in total. The van der Waals surface area contributed by atoms with Gasteiger partial charge in [0.1, 0.15) is 0 Å². The number of aryl methyl sites for hydroxylation is 1. The zero-order chi connectivity index (χ0) is 26.1. The van der Waals surface area contributed by atoms with Crippen molar-refractivity contribution in [2.75, 3.05) is 40.1 Å². The van der Waals surface area contributed by atoms with Crippen LogP contribution in [0.4, 0.5) is 0 Å². The van der Waals surface area contributed by atoms with Gasteiger partial charge in [0.15, 0.2) is 23.0 Å². The van der Waals surface area contributed by atoms with Gasteiger partial charge in [-0.1, -0.05) is 6.07 Å². The van der Waals surface area contributed by atoms with Gasteiger partial charge in [-0.2, -0.15) is 0 Å². The second-order valence-electron chi connectivity index (χ2n) is 9.71. The molecule has 2 aliphatic heterocycles. The Kier molecular flexibility index (Phi) is 7.12. The molecule has 4 atom stereocenters. The van der Waals surface area contributed by atoms with Gasteiger partial charge in [-0.15, -0.1) is 0 Å². The van der Waals surface area contributed by atoms with Gasteiger partial charge < -0.3 is 40.4 Å². The molecule has 1 amide bonds. The predicted octanol–water partition coefficient (Wildman–Crippen LogP) is 1.86. The van der Waals surface area contributed by atoms with Crippen molar-refractivity contribution < 1.29 is 33.6 Å². The summed E-state index contributed by atoms with van der Waals surface area (Å²) in [5.74, 6) is -0.0498. The molecular weight excluding hydrogens is 478 g/mol. The van der Waals surface area contributed by atoms with Gasteiger partial charge in [-0.3, -0.25) is 9.59 Å². The summed E-state index contributed by atoms with van der Waals surface area (Å²) in [4.78, 5) is 26.1. The highest BCUT2D eigenvalue weighted by atomic mass is 16.7. The first kappa shape index (κ1) is 25.2. The molecule has 1 fully saturated rings. The first-order chi connectivity index (χ1) is 17.9. The van der Waals surface area contributed by atoms with Gasteiger partial charge in [0.05, 0.1) is 25.7 Å². The number of ether oxygens (including phenoxy) is 4. The Hall–Kier alpha value is -3.50. The quantitative estimate of drug-likeness (QED) is 0.293. The highest BCUT2D eigenvalue weighted by Crippen LogP contribution is 2.55. The van der Waals surface area contributed by atoms with E-state index in [1.54, 1.807) is 13.0 Å². The number of nitrogens with one attached hydrogen (secondary N) is 2. The fraction of sp³-hybridized carbons (Fsp3) is 0.481. The van der Waals surface area contributed by atoms with Crippen LogP contribution in [0.5, 0.6) is 23.0 Å². The van der Waals surface area contributed by atoms with Crippen molar-refractivity contribution >= 4 is 11.9 Å². The molecule has 0 bridgehead atoms. The minimum absolute atomic E-state index is 0.0590. The van der Waals surface area contributed by atoms with Crippen LogP contribution in [0.2, 0.25) is 0 Å². The average molecular weight is 512 g/mol. The third-order valence-electron chi connectivity index (χ3n) is 7.46. The number of phenols is 1. The van der Waals surface area contributed by atoms with E-state index in [0.717, 1.165) is 29.7 Å². The molecule has 1 saturated heterocycles. The van der Waals surface area contributed by atoms with Crippen LogP contribution in [0.25, 0.3) is 0 Å². The Labute approximate surface area is 215 Å². The molecular formula is C27H33N3O7. The zero-order valence-electron chi connectivity index (χ0n) is 21.0. The lowest BCUT2D eigenvalue weighted by Crippen LogP contribution is -2.43. The summed E-state index contributed by atoms with van der Waals surface area (Å²) in [6.45, 7) is 3.98. The summed E-state index contributed by atoms with van der Waals surface area (Å²) < 4.78 is 22.3. The minimum Gasteiger partial charge on any atom is -0.504 e. The number of hydrogen-bond donors (Lipinski definition) is 4. The molecule has 1 aliphatic carbocycles. The molecule has 5 rings (SSSR count). The summed E-state index contributed by atoms with van der Waals surface area (Å²) in [6.07, 6.45) is 1.14. The summed E-state index contributed by atoms with van der Waals surface area (Å²) in [6, 6.07) is 6.99. The second kappa shape index (κ2) is 10.5. The number of aromatic hydroxyl groups is 1. The number of hydrogen-bond acceptors (Lipinski definition) is 9. The fourth-order valence-electron chi connectivity index (χ4n) is 5.66. The predicted molar refractivity (Wildman–Crippen MR) is 134 cm³/mol. The van der Waals surface area contributed by atoms with E-state index in [-0.39, 0.29) is 42.9 Å². The van der Waals surface area contributed by atoms with Crippen LogP contribution in [0, 0.1) is 18.8 Å². The zero-order valence-corrected chi connectivity index (χ0v) is 21.0. The van der Waals surface area contributed by atoms with Gasteiger partial charge in [-0.25, -0.2) is 0 Å². The van der Waals surface area contributed by atoms with Crippen LogP contribution >= 0.6 is 0 Å². The standard InChI is InChI=1S/C27H33N3O7/c1-14-8-15(9-21(34-2)26(14)32)23-16-10-19-20(37-13-36-19)11-17(16)25(18-12-35-27(33)24(18)23)30-22(31)4-7-29-6-3-5-28/h8-11,18,23-25,29,32H,3-7,12-13,28H2,1-2H3,(H,30,31)/t18-,23?,24-,25+/m0/s1. The van der Waals surface area contributed by atoms with Gasteiger partial charge in [0.25, 0.3) is 0 Å². The number of benzene rings is 2. The van der Waals surface area contributed by atoms with Crippen LogP contribution in [-0.2, 0) is 14.3 Å². The molecule has 2 heterocycles. The Morgan fingerprint density at radius 3 is 2.62 bits per heavy atom. The van der Waals surface area contributed by atoms with Crippen LogP contribution in [-0.4, -0.2) is 57.1 Å². The van der Waals surface area contributed by atoms with Crippen molar-refractivity contribution in [1.82, 2.24) is 10.6 Å². The Balaban J connectivity index is 1.54. The van der Waals surface area contributed by atoms with E-state index in [1.165, 1.54) is 7.11 Å². The van der Waals surface area contributed by atoms with Gasteiger partial charge in [0, 0.05) is 24.8 Å². The molecule has 1 unspecified atom stereocenters. The number of methoxy groups -OCH3 is 1. The second-order valence-corrected chi connectivity index (χ2v) is 9.71. The van der Waals surface area contributed by atoms with E-state index in [4.69, 9.17) is 24.7 Å². The maximum Gasteiger partial charge on any atom is 0.310 e. The van der Waals surface area contributed by atoms with E-state index in [1.807, 2.05) is 18.2 Å². The van der Waals surface area contributed by atoms with Crippen LogP contribution in [0.3, 0.4) is 0 Å². The van der Waals surface area contributed by atoms with E-state index in [0.29, 0.717) is 42.3 Å².